The van der Waals surface area contributed by atoms with Gasteiger partial charge in [-0.3, -0.25) is 9.59 Å². The summed E-state index contributed by atoms with van der Waals surface area (Å²) in [5.41, 5.74) is 1.48. The Kier molecular flexibility index (Phi) is 5.93. The van der Waals surface area contributed by atoms with Gasteiger partial charge in [0.2, 0.25) is 0 Å². The molecular formula is C24H31NO4. The van der Waals surface area contributed by atoms with Gasteiger partial charge in [0, 0.05) is 6.54 Å². The SMILES string of the molecule is CCCCCOc1cccc(C2C3=C(OC4CCCCC4C3=O)C(=O)N2CC)c1. The summed E-state index contributed by atoms with van der Waals surface area (Å²) in [4.78, 5) is 28.2. The van der Waals surface area contributed by atoms with E-state index in [-0.39, 0.29) is 29.8 Å². The quantitative estimate of drug-likeness (QED) is 0.633. The summed E-state index contributed by atoms with van der Waals surface area (Å²) in [7, 11) is 0. The first-order valence-corrected chi connectivity index (χ1v) is 11.1. The summed E-state index contributed by atoms with van der Waals surface area (Å²) in [6, 6.07) is 7.46. The molecule has 3 unspecified atom stereocenters. The lowest BCUT2D eigenvalue weighted by Crippen LogP contribution is -2.39. The van der Waals surface area contributed by atoms with Crippen molar-refractivity contribution in [2.24, 2.45) is 5.92 Å². The Labute approximate surface area is 173 Å². The van der Waals surface area contributed by atoms with Crippen molar-refractivity contribution in [1.29, 1.82) is 0 Å². The lowest BCUT2D eigenvalue weighted by molar-refractivity contribution is -0.135. The number of benzene rings is 1. The highest BCUT2D eigenvalue weighted by atomic mass is 16.5. The number of hydrogen-bond acceptors (Lipinski definition) is 4. The molecule has 0 N–H and O–H groups in total. The highest BCUT2D eigenvalue weighted by Crippen LogP contribution is 2.46. The largest absolute Gasteiger partial charge is 0.494 e. The lowest BCUT2D eigenvalue weighted by Gasteiger charge is -2.35. The summed E-state index contributed by atoms with van der Waals surface area (Å²) in [5, 5.41) is 0. The molecule has 2 heterocycles. The van der Waals surface area contributed by atoms with Crippen LogP contribution in [0.15, 0.2) is 35.6 Å². The molecule has 4 rings (SSSR count). The minimum atomic E-state index is -0.378. The lowest BCUT2D eigenvalue weighted by atomic mass is 9.77. The van der Waals surface area contributed by atoms with Crippen LogP contribution in [0.5, 0.6) is 5.75 Å². The number of carbonyl (C=O) groups excluding carboxylic acids is 2. The van der Waals surface area contributed by atoms with E-state index < -0.39 is 0 Å². The number of unbranched alkanes of at least 4 members (excludes halogenated alkanes) is 2. The van der Waals surface area contributed by atoms with Crippen LogP contribution in [0, 0.1) is 5.92 Å². The number of fused-ring (bicyclic) bond motifs is 1. The normalized spacial score (nSPS) is 26.3. The third-order valence-corrected chi connectivity index (χ3v) is 6.39. The summed E-state index contributed by atoms with van der Waals surface area (Å²) in [6.45, 7) is 5.33. The number of hydrogen-bond donors (Lipinski definition) is 0. The molecule has 29 heavy (non-hydrogen) atoms. The second-order valence-corrected chi connectivity index (χ2v) is 8.28. The van der Waals surface area contributed by atoms with E-state index in [1.165, 1.54) is 0 Å². The fourth-order valence-electron chi connectivity index (χ4n) is 4.88. The molecule has 3 aliphatic rings. The van der Waals surface area contributed by atoms with Gasteiger partial charge in [0.15, 0.2) is 11.5 Å². The zero-order valence-electron chi connectivity index (χ0n) is 17.5. The van der Waals surface area contributed by atoms with Gasteiger partial charge in [-0.1, -0.05) is 38.3 Å². The number of carbonyl (C=O) groups is 2. The molecule has 0 spiro atoms. The van der Waals surface area contributed by atoms with Crippen molar-refractivity contribution in [3.8, 4) is 5.75 Å². The van der Waals surface area contributed by atoms with Crippen LogP contribution in [0.4, 0.5) is 0 Å². The fourth-order valence-corrected chi connectivity index (χ4v) is 4.88. The molecule has 1 aromatic rings. The number of rotatable bonds is 7. The van der Waals surface area contributed by atoms with Crippen molar-refractivity contribution in [2.45, 2.75) is 70.9 Å². The van der Waals surface area contributed by atoms with Crippen molar-refractivity contribution in [2.75, 3.05) is 13.2 Å². The van der Waals surface area contributed by atoms with E-state index in [9.17, 15) is 9.59 Å². The molecular weight excluding hydrogens is 366 g/mol. The van der Waals surface area contributed by atoms with Gasteiger partial charge in [-0.05, 0) is 50.3 Å². The number of nitrogens with zero attached hydrogens (tertiary/aromatic N) is 1. The Morgan fingerprint density at radius 2 is 1.97 bits per heavy atom. The second-order valence-electron chi connectivity index (χ2n) is 8.28. The maximum Gasteiger partial charge on any atom is 0.290 e. The van der Waals surface area contributed by atoms with E-state index in [1.54, 1.807) is 4.90 Å². The Morgan fingerprint density at radius 1 is 1.14 bits per heavy atom. The topological polar surface area (TPSA) is 55.8 Å². The van der Waals surface area contributed by atoms with Gasteiger partial charge in [-0.25, -0.2) is 0 Å². The van der Waals surface area contributed by atoms with Crippen molar-refractivity contribution in [3.05, 3.63) is 41.2 Å². The van der Waals surface area contributed by atoms with E-state index in [2.05, 4.69) is 6.92 Å². The summed E-state index contributed by atoms with van der Waals surface area (Å²) in [6.07, 6.45) is 7.01. The zero-order chi connectivity index (χ0) is 20.4. The third kappa shape index (κ3) is 3.67. The number of ether oxygens (including phenoxy) is 2. The minimum Gasteiger partial charge on any atom is -0.494 e. The van der Waals surface area contributed by atoms with Gasteiger partial charge >= 0.3 is 0 Å². The van der Waals surface area contributed by atoms with Gasteiger partial charge < -0.3 is 14.4 Å². The first-order chi connectivity index (χ1) is 14.2. The van der Waals surface area contributed by atoms with Crippen LogP contribution in [0.1, 0.15) is 70.4 Å². The van der Waals surface area contributed by atoms with Gasteiger partial charge in [0.05, 0.1) is 24.1 Å². The number of Topliss-reactive ketones (excluding diaryl/α,β-unsaturated/α-hetero) is 1. The highest BCUT2D eigenvalue weighted by molar-refractivity contribution is 6.11. The summed E-state index contributed by atoms with van der Waals surface area (Å²) >= 11 is 0. The van der Waals surface area contributed by atoms with E-state index in [0.717, 1.165) is 56.3 Å². The number of ketones is 1. The van der Waals surface area contributed by atoms with Crippen molar-refractivity contribution >= 4 is 11.7 Å². The smallest absolute Gasteiger partial charge is 0.290 e. The molecule has 1 amide bonds. The van der Waals surface area contributed by atoms with Crippen molar-refractivity contribution in [1.82, 2.24) is 4.90 Å². The van der Waals surface area contributed by atoms with Crippen molar-refractivity contribution < 1.29 is 19.1 Å². The minimum absolute atomic E-state index is 0.108. The number of amides is 1. The predicted molar refractivity (Wildman–Crippen MR) is 110 cm³/mol. The maximum absolute atomic E-state index is 13.4. The van der Waals surface area contributed by atoms with Gasteiger partial charge in [0.25, 0.3) is 5.91 Å². The number of likely N-dealkylation sites (N-methyl/N-ethyl adjacent to an activating group) is 1. The first-order valence-electron chi connectivity index (χ1n) is 11.1. The second kappa shape index (κ2) is 8.60. The molecule has 0 bridgehead atoms. The van der Waals surface area contributed by atoms with E-state index >= 15 is 0 Å². The Hall–Kier alpha value is -2.30. The summed E-state index contributed by atoms with van der Waals surface area (Å²) in [5.74, 6) is 0.928. The molecule has 0 aromatic heterocycles. The molecule has 5 nitrogen and oxygen atoms in total. The molecule has 0 saturated heterocycles. The molecule has 5 heteroatoms. The molecule has 1 aliphatic carbocycles. The van der Waals surface area contributed by atoms with E-state index in [4.69, 9.17) is 9.47 Å². The molecule has 0 radical (unpaired) electrons. The predicted octanol–water partition coefficient (Wildman–Crippen LogP) is 4.57. The van der Waals surface area contributed by atoms with Gasteiger partial charge in [0.1, 0.15) is 11.9 Å². The Morgan fingerprint density at radius 3 is 2.76 bits per heavy atom. The molecule has 1 saturated carbocycles. The van der Waals surface area contributed by atoms with Gasteiger partial charge in [-0.15, -0.1) is 0 Å². The van der Waals surface area contributed by atoms with Crippen LogP contribution >= 0.6 is 0 Å². The molecule has 156 valence electrons. The van der Waals surface area contributed by atoms with E-state index in [1.807, 2.05) is 31.2 Å². The molecule has 2 aliphatic heterocycles. The fraction of sp³-hybridized carbons (Fsp3) is 0.583. The standard InChI is InChI=1S/C24H31NO4/c1-3-5-8-14-28-17-11-9-10-16(15-17)21-20-22(26)18-12-6-7-13-19(18)29-23(20)24(27)25(21)4-2/h9-11,15,18-19,21H,3-8,12-14H2,1-2H3. The van der Waals surface area contributed by atoms with Gasteiger partial charge in [-0.2, -0.15) is 0 Å². The van der Waals surface area contributed by atoms with Crippen LogP contribution in [0.3, 0.4) is 0 Å². The van der Waals surface area contributed by atoms with E-state index in [0.29, 0.717) is 24.5 Å². The first kappa shape index (κ1) is 20.0. The van der Waals surface area contributed by atoms with Crippen LogP contribution in [0.25, 0.3) is 0 Å². The Bertz CT molecular complexity index is 815. The van der Waals surface area contributed by atoms with Crippen molar-refractivity contribution in [3.63, 3.8) is 0 Å². The summed E-state index contributed by atoms with van der Waals surface area (Å²) < 4.78 is 12.1. The van der Waals surface area contributed by atoms with Crippen LogP contribution in [-0.2, 0) is 14.3 Å². The molecule has 1 fully saturated rings. The molecule has 3 atom stereocenters. The van der Waals surface area contributed by atoms with Crippen LogP contribution in [0.2, 0.25) is 0 Å². The zero-order valence-corrected chi connectivity index (χ0v) is 17.5. The van der Waals surface area contributed by atoms with Crippen LogP contribution in [-0.4, -0.2) is 35.8 Å². The monoisotopic (exact) mass is 397 g/mol. The van der Waals surface area contributed by atoms with Crippen LogP contribution < -0.4 is 4.74 Å². The average Bonchev–Trinajstić information content (AvgIpc) is 3.03. The maximum atomic E-state index is 13.4. The molecule has 1 aromatic carbocycles. The average molecular weight is 398 g/mol. The third-order valence-electron chi connectivity index (χ3n) is 6.39. The Balaban J connectivity index is 1.64. The highest BCUT2D eigenvalue weighted by Gasteiger charge is 2.51.